The fourth-order valence-electron chi connectivity index (χ4n) is 4.86. The van der Waals surface area contributed by atoms with E-state index in [0.29, 0.717) is 13.0 Å². The van der Waals surface area contributed by atoms with E-state index >= 15 is 0 Å². The van der Waals surface area contributed by atoms with E-state index in [0.717, 1.165) is 70.6 Å². The zero-order valence-electron chi connectivity index (χ0n) is 27.4. The van der Waals surface area contributed by atoms with E-state index in [2.05, 4.69) is 50.3 Å². The van der Waals surface area contributed by atoms with Gasteiger partial charge in [-0.05, 0) is 44.9 Å². The fraction of sp³-hybridized carbons (Fsp3) is 0.800. The minimum atomic E-state index is -1.54. The van der Waals surface area contributed by atoms with Crippen LogP contribution in [0.15, 0.2) is 36.5 Å². The van der Waals surface area contributed by atoms with Crippen LogP contribution in [0.5, 0.6) is 0 Å². The zero-order chi connectivity index (χ0) is 32.3. The number of aliphatic hydroxyl groups excluding tert-OH is 4. The van der Waals surface area contributed by atoms with E-state index in [-0.39, 0.29) is 19.2 Å². The number of carbonyl (C=O) groups excluding carboxylic acids is 1. The van der Waals surface area contributed by atoms with Gasteiger partial charge in [0.05, 0.1) is 19.8 Å². The lowest BCUT2D eigenvalue weighted by molar-refractivity contribution is -0.305. The molecule has 44 heavy (non-hydrogen) atoms. The maximum atomic E-state index is 12.5. The number of allylic oxidation sites excluding steroid dienone is 6. The molecule has 1 aliphatic rings. The van der Waals surface area contributed by atoms with Gasteiger partial charge in [-0.2, -0.15) is 0 Å². The smallest absolute Gasteiger partial charge is 0.306 e. The molecular formula is C35H62O9. The van der Waals surface area contributed by atoms with Gasteiger partial charge in [0.1, 0.15) is 30.5 Å². The maximum Gasteiger partial charge on any atom is 0.306 e. The summed E-state index contributed by atoms with van der Waals surface area (Å²) in [5.41, 5.74) is 0. The van der Waals surface area contributed by atoms with E-state index in [1.165, 1.54) is 25.7 Å². The molecule has 0 aromatic heterocycles. The average molecular weight is 627 g/mol. The number of carbonyl (C=O) groups is 1. The molecule has 0 aromatic rings. The summed E-state index contributed by atoms with van der Waals surface area (Å²) in [6.07, 6.45) is 21.9. The molecule has 0 saturated carbocycles. The summed E-state index contributed by atoms with van der Waals surface area (Å²) < 4.78 is 22.5. The van der Waals surface area contributed by atoms with Crippen molar-refractivity contribution in [3.63, 3.8) is 0 Å². The summed E-state index contributed by atoms with van der Waals surface area (Å²) in [6.45, 7) is 4.31. The van der Waals surface area contributed by atoms with Gasteiger partial charge in [-0.25, -0.2) is 0 Å². The second-order valence-electron chi connectivity index (χ2n) is 11.6. The highest BCUT2D eigenvalue weighted by atomic mass is 16.7. The van der Waals surface area contributed by atoms with Crippen LogP contribution in [0.1, 0.15) is 117 Å². The monoisotopic (exact) mass is 626 g/mol. The molecule has 0 aromatic carbocycles. The van der Waals surface area contributed by atoms with Gasteiger partial charge in [-0.15, -0.1) is 0 Å². The van der Waals surface area contributed by atoms with Crippen molar-refractivity contribution in [3.05, 3.63) is 36.5 Å². The molecule has 1 rings (SSSR count). The van der Waals surface area contributed by atoms with E-state index in [1.807, 2.05) is 0 Å². The lowest BCUT2D eigenvalue weighted by Crippen LogP contribution is -2.59. The number of ether oxygens (including phenoxy) is 4. The van der Waals surface area contributed by atoms with Crippen molar-refractivity contribution in [2.24, 2.45) is 0 Å². The fourth-order valence-corrected chi connectivity index (χ4v) is 4.86. The Morgan fingerprint density at radius 3 is 2.09 bits per heavy atom. The molecule has 9 nitrogen and oxygen atoms in total. The molecule has 6 atom stereocenters. The largest absolute Gasteiger partial charge is 0.457 e. The predicted molar refractivity (Wildman–Crippen MR) is 173 cm³/mol. The summed E-state index contributed by atoms with van der Waals surface area (Å²) in [5, 5.41) is 39.7. The van der Waals surface area contributed by atoms with Gasteiger partial charge in [0.2, 0.25) is 0 Å². The SMILES string of the molecule is CC/C=C\C/C=C\C/C=C\CCCCCCOCC(COC1OC(CO)C(O)C(O)C1O)OC(=O)CCCCCCCCC. The molecule has 1 heterocycles. The van der Waals surface area contributed by atoms with E-state index in [1.54, 1.807) is 0 Å². The second-order valence-corrected chi connectivity index (χ2v) is 11.6. The van der Waals surface area contributed by atoms with Crippen LogP contribution in [0, 0.1) is 0 Å². The second kappa shape index (κ2) is 27.7. The third-order valence-corrected chi connectivity index (χ3v) is 7.57. The lowest BCUT2D eigenvalue weighted by atomic mass is 9.99. The number of hydrogen-bond donors (Lipinski definition) is 4. The summed E-state index contributed by atoms with van der Waals surface area (Å²) >= 11 is 0. The number of esters is 1. The first-order valence-corrected chi connectivity index (χ1v) is 17.1. The molecule has 1 fully saturated rings. The van der Waals surface area contributed by atoms with E-state index < -0.39 is 43.4 Å². The molecule has 0 amide bonds. The number of aliphatic hydroxyl groups is 4. The molecule has 4 N–H and O–H groups in total. The molecule has 6 unspecified atom stereocenters. The molecule has 1 aliphatic heterocycles. The minimum absolute atomic E-state index is 0.123. The third kappa shape index (κ3) is 19.7. The van der Waals surface area contributed by atoms with Crippen LogP contribution in [-0.2, 0) is 23.7 Å². The molecule has 256 valence electrons. The van der Waals surface area contributed by atoms with Gasteiger partial charge in [-0.1, -0.05) is 102 Å². The molecule has 0 radical (unpaired) electrons. The van der Waals surface area contributed by atoms with Gasteiger partial charge in [0.15, 0.2) is 6.29 Å². The summed E-state index contributed by atoms with van der Waals surface area (Å²) in [5.74, 6) is -0.332. The summed E-state index contributed by atoms with van der Waals surface area (Å²) in [7, 11) is 0. The number of hydrogen-bond acceptors (Lipinski definition) is 9. The van der Waals surface area contributed by atoms with Crippen molar-refractivity contribution in [1.82, 2.24) is 0 Å². The average Bonchev–Trinajstić information content (AvgIpc) is 3.02. The molecular weight excluding hydrogens is 564 g/mol. The van der Waals surface area contributed by atoms with Gasteiger partial charge in [0.25, 0.3) is 0 Å². The highest BCUT2D eigenvalue weighted by Crippen LogP contribution is 2.22. The third-order valence-electron chi connectivity index (χ3n) is 7.57. The first-order valence-electron chi connectivity index (χ1n) is 17.1. The van der Waals surface area contributed by atoms with Gasteiger partial charge >= 0.3 is 5.97 Å². The van der Waals surface area contributed by atoms with Gasteiger partial charge in [-0.3, -0.25) is 4.79 Å². The van der Waals surface area contributed by atoms with Gasteiger partial charge in [0, 0.05) is 13.0 Å². The number of unbranched alkanes of at least 4 members (excludes halogenated alkanes) is 10. The molecule has 0 bridgehead atoms. The normalized spacial score (nSPS) is 23.3. The standard InChI is InChI=1S/C35H62O9/c1-3-5-7-9-11-12-13-14-15-16-17-19-21-23-25-41-27-29(43-31(37)24-22-20-18-10-8-6-4-2)28-42-35-34(40)33(39)32(38)30(26-36)44-35/h5,7,11-12,14-15,29-30,32-36,38-40H,3-4,6,8-10,13,16-28H2,1-2H3/b7-5-,12-11-,15-14-. The topological polar surface area (TPSA) is 135 Å². The Morgan fingerprint density at radius 2 is 1.39 bits per heavy atom. The lowest BCUT2D eigenvalue weighted by Gasteiger charge is -2.39. The van der Waals surface area contributed by atoms with Crippen LogP contribution in [0.4, 0.5) is 0 Å². The highest BCUT2D eigenvalue weighted by molar-refractivity contribution is 5.69. The Kier molecular flexibility index (Phi) is 25.5. The molecule has 9 heteroatoms. The van der Waals surface area contributed by atoms with Crippen molar-refractivity contribution in [3.8, 4) is 0 Å². The van der Waals surface area contributed by atoms with Crippen LogP contribution >= 0.6 is 0 Å². The molecule has 1 saturated heterocycles. The Bertz CT molecular complexity index is 767. The van der Waals surface area contributed by atoms with Crippen molar-refractivity contribution in [1.29, 1.82) is 0 Å². The van der Waals surface area contributed by atoms with E-state index in [9.17, 15) is 25.2 Å². The van der Waals surface area contributed by atoms with Crippen LogP contribution in [-0.4, -0.2) is 89.6 Å². The number of rotatable bonds is 27. The van der Waals surface area contributed by atoms with Crippen LogP contribution in [0.3, 0.4) is 0 Å². The Morgan fingerprint density at radius 1 is 0.750 bits per heavy atom. The van der Waals surface area contributed by atoms with Crippen LogP contribution in [0.25, 0.3) is 0 Å². The highest BCUT2D eigenvalue weighted by Gasteiger charge is 2.44. The minimum Gasteiger partial charge on any atom is -0.457 e. The molecule has 0 spiro atoms. The van der Waals surface area contributed by atoms with Crippen LogP contribution < -0.4 is 0 Å². The van der Waals surface area contributed by atoms with Crippen LogP contribution in [0.2, 0.25) is 0 Å². The van der Waals surface area contributed by atoms with Crippen molar-refractivity contribution >= 4 is 5.97 Å². The first-order chi connectivity index (χ1) is 21.4. The van der Waals surface area contributed by atoms with E-state index in [4.69, 9.17) is 18.9 Å². The Balaban J connectivity index is 2.37. The summed E-state index contributed by atoms with van der Waals surface area (Å²) in [6, 6.07) is 0. The maximum absolute atomic E-state index is 12.5. The molecule has 0 aliphatic carbocycles. The van der Waals surface area contributed by atoms with Crippen molar-refractivity contribution < 1.29 is 44.2 Å². The Hall–Kier alpha value is -1.59. The van der Waals surface area contributed by atoms with Gasteiger partial charge < -0.3 is 39.4 Å². The quantitative estimate of drug-likeness (QED) is 0.0516. The predicted octanol–water partition coefficient (Wildman–Crippen LogP) is 5.68. The zero-order valence-corrected chi connectivity index (χ0v) is 27.4. The van der Waals surface area contributed by atoms with Crippen molar-refractivity contribution in [2.45, 2.75) is 153 Å². The first kappa shape index (κ1) is 40.4. The Labute approximate surface area is 266 Å². The summed E-state index contributed by atoms with van der Waals surface area (Å²) in [4.78, 5) is 12.5. The van der Waals surface area contributed by atoms with Crippen molar-refractivity contribution in [2.75, 3.05) is 26.4 Å².